The Bertz CT molecular complexity index is 1990. The summed E-state index contributed by atoms with van der Waals surface area (Å²) in [5, 5.41) is 2.32. The predicted octanol–water partition coefficient (Wildman–Crippen LogP) is 10.3. The normalized spacial score (nSPS) is 12.3. The molecule has 3 aromatic carbocycles. The molecule has 0 unspecified atom stereocenters. The van der Waals surface area contributed by atoms with Crippen LogP contribution in [0.25, 0.3) is 53.9 Å². The molecule has 0 fully saturated rings. The van der Waals surface area contributed by atoms with Gasteiger partial charge in [0.25, 0.3) is 0 Å². The van der Waals surface area contributed by atoms with E-state index in [9.17, 15) is 0 Å². The minimum absolute atomic E-state index is 0. The number of aromatic nitrogens is 2. The van der Waals surface area contributed by atoms with E-state index in [-0.39, 0.29) is 31.9 Å². The first-order valence-corrected chi connectivity index (χ1v) is 14.6. The second kappa shape index (κ2) is 10.3. The summed E-state index contributed by atoms with van der Waals surface area (Å²) >= 11 is 1.74. The number of nitrogens with zero attached hydrogens (tertiary/aromatic N) is 2. The largest absolute Gasteiger partial charge is 2.00 e. The quantitative estimate of drug-likeness (QED) is 0.168. The Kier molecular flexibility index (Phi) is 7.03. The van der Waals surface area contributed by atoms with Crippen molar-refractivity contribution in [2.45, 2.75) is 52.4 Å². The van der Waals surface area contributed by atoms with Gasteiger partial charge in [0.1, 0.15) is 5.58 Å². The van der Waals surface area contributed by atoms with E-state index in [2.05, 4.69) is 77.9 Å². The van der Waals surface area contributed by atoms with Gasteiger partial charge in [-0.15, -0.1) is 47.5 Å². The molecule has 0 amide bonds. The van der Waals surface area contributed by atoms with E-state index in [4.69, 9.17) is 19.1 Å². The zero-order valence-corrected chi connectivity index (χ0v) is 27.5. The van der Waals surface area contributed by atoms with Crippen molar-refractivity contribution in [1.82, 2.24) is 9.97 Å². The number of benzene rings is 3. The van der Waals surface area contributed by atoms with E-state index in [1.807, 2.05) is 48.5 Å². The molecule has 6 heteroatoms. The van der Waals surface area contributed by atoms with Crippen molar-refractivity contribution in [3.8, 4) is 34.3 Å². The minimum Gasteiger partial charge on any atom is -0.476 e. The smallest absolute Gasteiger partial charge is 0.476 e. The molecule has 0 aliphatic heterocycles. The first kappa shape index (κ1) is 28.6. The third-order valence-electron chi connectivity index (χ3n) is 7.47. The third-order valence-corrected chi connectivity index (χ3v) is 8.54. The average Bonchev–Trinajstić information content (AvgIpc) is 3.51. The first-order chi connectivity index (χ1) is 19.5. The van der Waals surface area contributed by atoms with Crippen LogP contribution in [0.4, 0.5) is 0 Å². The molecule has 0 N–H and O–H groups in total. The SMILES string of the molecule is CC(C)(C)c1cc(Oc2nc(-c3[c-]cccc3)ccc2C(C)(C)C)nc(-c2[c-]c3sc4cccc5oc(c2)c3c54)c1.[Pt+2]. The van der Waals surface area contributed by atoms with Crippen LogP contribution in [0.15, 0.2) is 77.2 Å². The summed E-state index contributed by atoms with van der Waals surface area (Å²) in [4.78, 5) is 9.99. The van der Waals surface area contributed by atoms with Gasteiger partial charge in [-0.05, 0) is 50.0 Å². The number of pyridine rings is 2. The predicted molar refractivity (Wildman–Crippen MR) is 168 cm³/mol. The molecule has 4 nitrogen and oxygen atoms in total. The Morgan fingerprint density at radius 2 is 1.60 bits per heavy atom. The van der Waals surface area contributed by atoms with Gasteiger partial charge in [-0.25, -0.2) is 0 Å². The molecular formula is C36H30N2O2PtS. The number of furan rings is 1. The Balaban J connectivity index is 0.00000316. The average molecular weight is 750 g/mol. The zero-order valence-electron chi connectivity index (χ0n) is 24.4. The van der Waals surface area contributed by atoms with E-state index < -0.39 is 0 Å². The van der Waals surface area contributed by atoms with Crippen LogP contribution in [0, 0.1) is 12.1 Å². The standard InChI is InChI=1S/C36H30N2O2S.Pt/c1-35(2,3)23-19-26(22-17-28-33-30(18-22)41-29-14-10-13-27(39-28)32(29)33)37-31(20-23)40-34-24(36(4,5)6)15-16-25(38-34)21-11-8-7-9-12-21;/h7-11,13-17,19-20H,1-6H3;/q-2;+2. The number of thiophene rings is 1. The van der Waals surface area contributed by atoms with Crippen molar-refractivity contribution in [1.29, 1.82) is 0 Å². The fraction of sp³-hybridized carbons (Fsp3) is 0.222. The molecule has 0 aliphatic carbocycles. The van der Waals surface area contributed by atoms with Crippen molar-refractivity contribution in [3.05, 3.63) is 96.1 Å². The van der Waals surface area contributed by atoms with Crippen molar-refractivity contribution in [2.24, 2.45) is 0 Å². The molecular weight excluding hydrogens is 720 g/mol. The number of hydrogen-bond acceptors (Lipinski definition) is 5. The maximum absolute atomic E-state index is 6.60. The van der Waals surface area contributed by atoms with Crippen LogP contribution >= 0.6 is 11.3 Å². The van der Waals surface area contributed by atoms with Crippen LogP contribution in [0.5, 0.6) is 11.8 Å². The van der Waals surface area contributed by atoms with Crippen LogP contribution in [0.2, 0.25) is 0 Å². The molecule has 0 radical (unpaired) electrons. The molecule has 4 aromatic heterocycles. The first-order valence-electron chi connectivity index (χ1n) is 13.8. The van der Waals surface area contributed by atoms with Crippen molar-refractivity contribution >= 4 is 42.7 Å². The summed E-state index contributed by atoms with van der Waals surface area (Å²) in [5.74, 6) is 1.05. The molecule has 4 heterocycles. The molecule has 42 heavy (non-hydrogen) atoms. The molecule has 0 saturated carbocycles. The molecule has 0 spiro atoms. The number of hydrogen-bond donors (Lipinski definition) is 0. The molecule has 0 saturated heterocycles. The monoisotopic (exact) mass is 749 g/mol. The van der Waals surface area contributed by atoms with Gasteiger partial charge in [0, 0.05) is 21.7 Å². The van der Waals surface area contributed by atoms with Crippen molar-refractivity contribution in [2.75, 3.05) is 0 Å². The zero-order chi connectivity index (χ0) is 28.5. The van der Waals surface area contributed by atoms with Crippen molar-refractivity contribution < 1.29 is 30.2 Å². The van der Waals surface area contributed by atoms with E-state index in [0.717, 1.165) is 54.9 Å². The van der Waals surface area contributed by atoms with Crippen LogP contribution in [-0.4, -0.2) is 9.97 Å². The van der Waals surface area contributed by atoms with Crippen LogP contribution in [0.1, 0.15) is 52.7 Å². The van der Waals surface area contributed by atoms with Gasteiger partial charge < -0.3 is 9.15 Å². The van der Waals surface area contributed by atoms with E-state index in [0.29, 0.717) is 11.8 Å². The van der Waals surface area contributed by atoms with Gasteiger partial charge in [-0.2, -0.15) is 11.3 Å². The summed E-state index contributed by atoms with van der Waals surface area (Å²) in [6.07, 6.45) is 0. The number of rotatable bonds is 4. The Labute approximate surface area is 264 Å². The molecule has 0 atom stereocenters. The summed E-state index contributed by atoms with van der Waals surface area (Å²) < 4.78 is 15.1. The van der Waals surface area contributed by atoms with E-state index in [1.165, 1.54) is 10.1 Å². The van der Waals surface area contributed by atoms with Crippen LogP contribution in [-0.2, 0) is 31.9 Å². The van der Waals surface area contributed by atoms with Gasteiger partial charge in [-0.3, -0.25) is 9.97 Å². The topological polar surface area (TPSA) is 48.2 Å². The third kappa shape index (κ3) is 5.03. The molecule has 212 valence electrons. The summed E-state index contributed by atoms with van der Waals surface area (Å²) in [6, 6.07) is 31.3. The second-order valence-electron chi connectivity index (χ2n) is 12.6. The van der Waals surface area contributed by atoms with Crippen molar-refractivity contribution in [3.63, 3.8) is 0 Å². The number of ether oxygens (including phenoxy) is 1. The summed E-state index contributed by atoms with van der Waals surface area (Å²) in [7, 11) is 0. The Morgan fingerprint density at radius 1 is 0.762 bits per heavy atom. The van der Waals surface area contributed by atoms with Crippen LogP contribution < -0.4 is 4.74 Å². The van der Waals surface area contributed by atoms with Gasteiger partial charge in [-0.1, -0.05) is 71.9 Å². The fourth-order valence-electron chi connectivity index (χ4n) is 5.24. The molecule has 7 aromatic rings. The molecule has 7 rings (SSSR count). The Hall–Kier alpha value is -3.53. The summed E-state index contributed by atoms with van der Waals surface area (Å²) in [6.45, 7) is 13.1. The van der Waals surface area contributed by atoms with Gasteiger partial charge in [0.15, 0.2) is 0 Å². The molecule has 0 bridgehead atoms. The summed E-state index contributed by atoms with van der Waals surface area (Å²) in [5.41, 5.74) is 6.99. The van der Waals surface area contributed by atoms with Gasteiger partial charge >= 0.3 is 21.1 Å². The second-order valence-corrected chi connectivity index (χ2v) is 13.6. The fourth-order valence-corrected chi connectivity index (χ4v) is 6.38. The van der Waals surface area contributed by atoms with Crippen LogP contribution in [0.3, 0.4) is 0 Å². The van der Waals surface area contributed by atoms with Gasteiger partial charge in [0.05, 0.1) is 5.58 Å². The Morgan fingerprint density at radius 3 is 2.33 bits per heavy atom. The minimum atomic E-state index is -0.175. The molecule has 0 aliphatic rings. The maximum atomic E-state index is 6.60. The van der Waals surface area contributed by atoms with E-state index in [1.54, 1.807) is 11.3 Å². The van der Waals surface area contributed by atoms with E-state index >= 15 is 0 Å². The van der Waals surface area contributed by atoms with Gasteiger partial charge in [0.2, 0.25) is 11.8 Å². The maximum Gasteiger partial charge on any atom is 2.00 e.